The van der Waals surface area contributed by atoms with Crippen molar-refractivity contribution in [3.63, 3.8) is 0 Å². The third kappa shape index (κ3) is 3.71. The summed E-state index contributed by atoms with van der Waals surface area (Å²) in [5.74, 6) is -1.03. The molecule has 4 aromatic carbocycles. The van der Waals surface area contributed by atoms with E-state index in [0.717, 1.165) is 3.63 Å². The molecule has 0 aromatic heterocycles. The second-order valence-electron chi connectivity index (χ2n) is 10.1. The summed E-state index contributed by atoms with van der Waals surface area (Å²) in [6, 6.07) is 32.7. The number of unbranched alkanes of at least 4 members (excludes halogenated alkanes) is 1. The van der Waals surface area contributed by atoms with Crippen LogP contribution in [0.25, 0.3) is 28.3 Å². The molecule has 0 bridgehead atoms. The SMILES string of the molecule is CCCCC1=Cc2c(ccc(C)c2-c2ccccc2)[CH]1[Zr+2]1[c]2cccc3c2[SiH]1c1ccccc1-3.[Cl-].[Cl-]. The van der Waals surface area contributed by atoms with Crippen LogP contribution in [0.5, 0.6) is 0 Å². The standard InChI is InChI=1S/C20H21.C12H8Si.2ClH.Zr/c1-3-4-8-16-13-18-12-11-15(2)20(19(18)14-16)17-9-6-5-7-10-17;1-3-7-11-9(5-1)10-6-2-4-8-12(10)13-11;;;/h5-7,9-14H,3-4,8H2,1-2H3;1-7,13H;2*1H;/q;;;;+2/p-2. The zero-order chi connectivity index (χ0) is 22.8. The quantitative estimate of drug-likeness (QED) is 0.284. The van der Waals surface area contributed by atoms with Gasteiger partial charge in [-0.2, -0.15) is 0 Å². The summed E-state index contributed by atoms with van der Waals surface area (Å²) in [6.45, 7) is 4.64. The molecule has 0 fully saturated rings. The molecule has 4 heteroatoms. The molecular formula is C32H29Cl2SiZr. The summed E-state index contributed by atoms with van der Waals surface area (Å²) >= 11 is -1.91. The van der Waals surface area contributed by atoms with Crippen LogP contribution in [0.1, 0.15) is 46.5 Å². The fraction of sp³-hybridized carbons (Fsp3) is 0.188. The van der Waals surface area contributed by atoms with Gasteiger partial charge in [-0.3, -0.25) is 0 Å². The average molecular weight is 604 g/mol. The first kappa shape index (κ1) is 25.9. The van der Waals surface area contributed by atoms with Gasteiger partial charge in [0.05, 0.1) is 0 Å². The van der Waals surface area contributed by atoms with Crippen LogP contribution in [-0.4, -0.2) is 5.92 Å². The molecule has 2 aliphatic heterocycles. The van der Waals surface area contributed by atoms with Gasteiger partial charge in [0.1, 0.15) is 0 Å². The van der Waals surface area contributed by atoms with Gasteiger partial charge in [0.25, 0.3) is 0 Å². The van der Waals surface area contributed by atoms with Crippen molar-refractivity contribution in [2.75, 3.05) is 0 Å². The Bertz CT molecular complexity index is 1480. The molecule has 0 N–H and O–H groups in total. The fourth-order valence-corrected chi connectivity index (χ4v) is 33.0. The van der Waals surface area contributed by atoms with Crippen LogP contribution in [-0.2, 0) is 20.9 Å². The number of fused-ring (bicyclic) bond motifs is 4. The van der Waals surface area contributed by atoms with Crippen molar-refractivity contribution in [3.05, 3.63) is 107 Å². The van der Waals surface area contributed by atoms with Crippen LogP contribution >= 0.6 is 0 Å². The van der Waals surface area contributed by atoms with Crippen molar-refractivity contribution >= 4 is 25.6 Å². The van der Waals surface area contributed by atoms with E-state index in [9.17, 15) is 0 Å². The van der Waals surface area contributed by atoms with Gasteiger partial charge in [-0.15, -0.1) is 0 Å². The van der Waals surface area contributed by atoms with E-state index in [4.69, 9.17) is 0 Å². The van der Waals surface area contributed by atoms with Crippen LogP contribution in [0, 0.1) is 6.92 Å². The molecule has 0 spiro atoms. The second kappa shape index (κ2) is 10.2. The summed E-state index contributed by atoms with van der Waals surface area (Å²) in [5.41, 5.74) is 12.4. The molecule has 0 saturated heterocycles. The van der Waals surface area contributed by atoms with Crippen molar-refractivity contribution in [3.8, 4) is 22.3 Å². The molecule has 7 rings (SSSR count). The minimum absolute atomic E-state index is 0. The Kier molecular flexibility index (Phi) is 7.36. The Labute approximate surface area is 235 Å². The third-order valence-electron chi connectivity index (χ3n) is 8.27. The maximum Gasteiger partial charge on any atom is -1.00 e. The van der Waals surface area contributed by atoms with Gasteiger partial charge in [0, 0.05) is 0 Å². The van der Waals surface area contributed by atoms with Crippen molar-refractivity contribution < 1.29 is 45.7 Å². The van der Waals surface area contributed by atoms with Crippen LogP contribution in [0.3, 0.4) is 0 Å². The van der Waals surface area contributed by atoms with Gasteiger partial charge in [-0.1, -0.05) is 0 Å². The molecule has 2 atom stereocenters. The van der Waals surface area contributed by atoms with Gasteiger partial charge < -0.3 is 24.8 Å². The predicted molar refractivity (Wildman–Crippen MR) is 145 cm³/mol. The van der Waals surface area contributed by atoms with E-state index in [1.54, 1.807) is 33.0 Å². The molecule has 0 amide bonds. The molecule has 2 unspecified atom stereocenters. The zero-order valence-corrected chi connectivity index (χ0v) is 25.8. The van der Waals surface area contributed by atoms with Gasteiger partial charge in [0.2, 0.25) is 0 Å². The predicted octanol–water partition coefficient (Wildman–Crippen LogP) is 0.0740. The molecule has 36 heavy (non-hydrogen) atoms. The Balaban J connectivity index is 0.00000133. The third-order valence-corrected chi connectivity index (χ3v) is 30.6. The van der Waals surface area contributed by atoms with Crippen molar-refractivity contribution in [2.24, 2.45) is 0 Å². The molecular weight excluding hydrogens is 575 g/mol. The molecule has 1 aliphatic carbocycles. The van der Waals surface area contributed by atoms with Crippen molar-refractivity contribution in [2.45, 2.75) is 36.7 Å². The number of allylic oxidation sites excluding steroid dienone is 1. The zero-order valence-electron chi connectivity index (χ0n) is 20.7. The monoisotopic (exact) mass is 601 g/mol. The molecule has 3 aliphatic rings. The number of hydrogen-bond acceptors (Lipinski definition) is 0. The molecule has 0 saturated carbocycles. The van der Waals surface area contributed by atoms with Gasteiger partial charge in [0.15, 0.2) is 0 Å². The molecule has 2 heterocycles. The number of halogens is 2. The summed E-state index contributed by atoms with van der Waals surface area (Å²) < 4.78 is 2.58. The van der Waals surface area contributed by atoms with E-state index in [1.165, 1.54) is 36.0 Å². The van der Waals surface area contributed by atoms with Gasteiger partial charge >= 0.3 is 213 Å². The number of benzene rings is 4. The van der Waals surface area contributed by atoms with E-state index in [-0.39, 0.29) is 24.8 Å². The molecule has 179 valence electrons. The van der Waals surface area contributed by atoms with Crippen LogP contribution in [0.2, 0.25) is 0 Å². The summed E-state index contributed by atoms with van der Waals surface area (Å²) in [4.78, 5) is 0. The molecule has 4 aromatic rings. The second-order valence-corrected chi connectivity index (χ2v) is 25.1. The summed E-state index contributed by atoms with van der Waals surface area (Å²) in [7, 11) is 0. The first-order valence-corrected chi connectivity index (χ1v) is 21.4. The first-order chi connectivity index (χ1) is 16.8. The Morgan fingerprint density at radius 2 is 1.56 bits per heavy atom. The smallest absolute Gasteiger partial charge is 1.00 e. The van der Waals surface area contributed by atoms with Crippen molar-refractivity contribution in [1.82, 2.24) is 0 Å². The Morgan fingerprint density at radius 1 is 0.806 bits per heavy atom. The minimum Gasteiger partial charge on any atom is -1.00 e. The van der Waals surface area contributed by atoms with E-state index in [1.807, 2.05) is 8.46 Å². The van der Waals surface area contributed by atoms with Crippen LogP contribution in [0.15, 0.2) is 90.5 Å². The number of rotatable bonds is 5. The minimum atomic E-state index is -1.91. The first-order valence-electron chi connectivity index (χ1n) is 12.8. The fourth-order valence-electron chi connectivity index (χ4n) is 6.81. The van der Waals surface area contributed by atoms with E-state index < -0.39 is 26.8 Å². The van der Waals surface area contributed by atoms with Gasteiger partial charge in [-0.05, 0) is 0 Å². The number of aryl methyl sites for hydroxylation is 1. The summed E-state index contributed by atoms with van der Waals surface area (Å²) in [5, 5.41) is 3.60. The van der Waals surface area contributed by atoms with Gasteiger partial charge in [-0.25, -0.2) is 0 Å². The molecule has 0 radical (unpaired) electrons. The average Bonchev–Trinajstić information content (AvgIpc) is 3.38. The van der Waals surface area contributed by atoms with Crippen molar-refractivity contribution in [1.29, 1.82) is 0 Å². The van der Waals surface area contributed by atoms with E-state index in [2.05, 4.69) is 105 Å². The normalized spacial score (nSPS) is 17.7. The van der Waals surface area contributed by atoms with E-state index >= 15 is 0 Å². The Morgan fingerprint density at radius 3 is 2.36 bits per heavy atom. The van der Waals surface area contributed by atoms with Crippen LogP contribution in [0.4, 0.5) is 0 Å². The maximum atomic E-state index is 2.65. The summed E-state index contributed by atoms with van der Waals surface area (Å²) in [6.07, 6.45) is 6.50. The maximum absolute atomic E-state index is 2.65. The van der Waals surface area contributed by atoms with E-state index in [0.29, 0.717) is 0 Å². The number of hydrogen-bond donors (Lipinski definition) is 0. The Hall–Kier alpha value is -1.70. The molecule has 0 nitrogen and oxygen atoms in total. The largest absolute Gasteiger partial charge is 1.00 e. The topological polar surface area (TPSA) is 0 Å². The van der Waals surface area contributed by atoms with Crippen LogP contribution < -0.4 is 38.5 Å².